The molecule has 13 heavy (non-hydrogen) atoms. The van der Waals surface area contributed by atoms with E-state index in [1.807, 2.05) is 18.2 Å². The number of carbonyl (C=O) groups excluding carboxylic acids is 1. The maximum Gasteiger partial charge on any atom is 0.164 e. The number of nitrogens with one attached hydrogen (secondary N) is 1. The van der Waals surface area contributed by atoms with Gasteiger partial charge in [0.1, 0.15) is 0 Å². The van der Waals surface area contributed by atoms with Gasteiger partial charge in [0, 0.05) is 6.54 Å². The summed E-state index contributed by atoms with van der Waals surface area (Å²) in [7, 11) is 0. The standard InChI is InChI=1S/C10H10BrNO/c11-5-9(13)10-8-4-2-1-3-7(8)6-12-10/h1-4,10,12H,5-6H2/t10-/m1/s1. The maximum absolute atomic E-state index is 11.5. The lowest BCUT2D eigenvalue weighted by molar-refractivity contribution is -0.118. The van der Waals surface area contributed by atoms with Crippen LogP contribution in [-0.2, 0) is 11.3 Å². The van der Waals surface area contributed by atoms with E-state index in [-0.39, 0.29) is 11.8 Å². The summed E-state index contributed by atoms with van der Waals surface area (Å²) in [5.74, 6) is 0.199. The quantitative estimate of drug-likeness (QED) is 0.798. The van der Waals surface area contributed by atoms with Crippen LogP contribution in [-0.4, -0.2) is 11.1 Å². The molecule has 0 radical (unpaired) electrons. The summed E-state index contributed by atoms with van der Waals surface area (Å²) in [6.07, 6.45) is 0. The van der Waals surface area contributed by atoms with Gasteiger partial charge in [0.15, 0.2) is 5.78 Å². The van der Waals surface area contributed by atoms with Gasteiger partial charge in [-0.25, -0.2) is 0 Å². The first-order valence-electron chi connectivity index (χ1n) is 4.23. The molecule has 1 atom stereocenters. The normalized spacial score (nSPS) is 19.9. The minimum atomic E-state index is -0.101. The number of hydrogen-bond acceptors (Lipinski definition) is 2. The van der Waals surface area contributed by atoms with E-state index in [0.29, 0.717) is 5.33 Å². The molecule has 0 unspecified atom stereocenters. The summed E-state index contributed by atoms with van der Waals surface area (Å²) in [5, 5.41) is 3.61. The van der Waals surface area contributed by atoms with E-state index in [1.54, 1.807) is 0 Å². The Kier molecular flexibility index (Phi) is 2.47. The van der Waals surface area contributed by atoms with Gasteiger partial charge in [-0.2, -0.15) is 0 Å². The molecule has 1 N–H and O–H groups in total. The van der Waals surface area contributed by atoms with Crippen LogP contribution in [0.4, 0.5) is 0 Å². The van der Waals surface area contributed by atoms with Crippen molar-refractivity contribution in [1.82, 2.24) is 5.32 Å². The van der Waals surface area contributed by atoms with Crippen LogP contribution in [0.15, 0.2) is 24.3 Å². The molecule has 1 aromatic carbocycles. The number of fused-ring (bicyclic) bond motifs is 1. The third kappa shape index (κ3) is 1.54. The summed E-state index contributed by atoms with van der Waals surface area (Å²) >= 11 is 3.19. The van der Waals surface area contributed by atoms with Crippen LogP contribution < -0.4 is 5.32 Å². The Labute approximate surface area is 85.5 Å². The largest absolute Gasteiger partial charge is 0.300 e. The molecule has 0 aliphatic carbocycles. The van der Waals surface area contributed by atoms with Crippen LogP contribution in [0.5, 0.6) is 0 Å². The second kappa shape index (κ2) is 3.60. The van der Waals surface area contributed by atoms with Gasteiger partial charge in [-0.15, -0.1) is 0 Å². The highest BCUT2D eigenvalue weighted by atomic mass is 79.9. The Hall–Kier alpha value is -0.670. The van der Waals surface area contributed by atoms with Crippen molar-refractivity contribution in [3.63, 3.8) is 0 Å². The lowest BCUT2D eigenvalue weighted by Crippen LogP contribution is -2.22. The van der Waals surface area contributed by atoms with Crippen molar-refractivity contribution in [2.75, 3.05) is 5.33 Å². The van der Waals surface area contributed by atoms with Crippen molar-refractivity contribution in [1.29, 1.82) is 0 Å². The molecule has 0 saturated heterocycles. The summed E-state index contributed by atoms with van der Waals surface area (Å²) in [4.78, 5) is 11.5. The average molecular weight is 240 g/mol. The van der Waals surface area contributed by atoms with Gasteiger partial charge in [0.2, 0.25) is 0 Å². The molecule has 0 saturated carbocycles. The van der Waals surface area contributed by atoms with Gasteiger partial charge in [-0.05, 0) is 11.1 Å². The van der Waals surface area contributed by atoms with Crippen molar-refractivity contribution in [3.05, 3.63) is 35.4 Å². The van der Waals surface area contributed by atoms with Gasteiger partial charge < -0.3 is 0 Å². The third-order valence-electron chi connectivity index (χ3n) is 2.32. The number of benzene rings is 1. The highest BCUT2D eigenvalue weighted by Crippen LogP contribution is 2.25. The number of carbonyl (C=O) groups is 1. The molecule has 1 aromatic rings. The van der Waals surface area contributed by atoms with E-state index in [4.69, 9.17) is 0 Å². The van der Waals surface area contributed by atoms with Gasteiger partial charge >= 0.3 is 0 Å². The molecular weight excluding hydrogens is 230 g/mol. The van der Waals surface area contributed by atoms with E-state index in [1.165, 1.54) is 5.56 Å². The number of alkyl halides is 1. The van der Waals surface area contributed by atoms with E-state index in [2.05, 4.69) is 27.3 Å². The number of Topliss-reactive ketones (excluding diaryl/α,β-unsaturated/α-hetero) is 1. The van der Waals surface area contributed by atoms with Gasteiger partial charge in [-0.1, -0.05) is 40.2 Å². The Balaban J connectivity index is 2.33. The highest BCUT2D eigenvalue weighted by Gasteiger charge is 2.26. The van der Waals surface area contributed by atoms with Crippen LogP contribution in [0.1, 0.15) is 17.2 Å². The van der Waals surface area contributed by atoms with Gasteiger partial charge in [0.05, 0.1) is 11.4 Å². The van der Waals surface area contributed by atoms with Crippen LogP contribution in [0, 0.1) is 0 Å². The fourth-order valence-corrected chi connectivity index (χ4v) is 1.99. The number of ketones is 1. The first-order chi connectivity index (χ1) is 6.33. The minimum absolute atomic E-state index is 0.101. The Morgan fingerprint density at radius 3 is 3.08 bits per heavy atom. The summed E-state index contributed by atoms with van der Waals surface area (Å²) in [5.41, 5.74) is 2.37. The van der Waals surface area contributed by atoms with Crippen LogP contribution >= 0.6 is 15.9 Å². The molecule has 0 fully saturated rings. The van der Waals surface area contributed by atoms with Crippen molar-refractivity contribution in [2.24, 2.45) is 0 Å². The zero-order valence-electron chi connectivity index (χ0n) is 7.09. The molecule has 0 amide bonds. The predicted octanol–water partition coefficient (Wildman–Crippen LogP) is 1.79. The molecule has 1 heterocycles. The maximum atomic E-state index is 11.5. The Bertz CT molecular complexity index is 337. The second-order valence-electron chi connectivity index (χ2n) is 3.11. The minimum Gasteiger partial charge on any atom is -0.300 e. The van der Waals surface area contributed by atoms with Gasteiger partial charge in [-0.3, -0.25) is 10.1 Å². The Morgan fingerprint density at radius 2 is 2.31 bits per heavy atom. The second-order valence-corrected chi connectivity index (χ2v) is 3.67. The fraction of sp³-hybridized carbons (Fsp3) is 0.300. The molecule has 68 valence electrons. The van der Waals surface area contributed by atoms with E-state index >= 15 is 0 Å². The fourth-order valence-electron chi connectivity index (χ4n) is 1.66. The summed E-state index contributed by atoms with van der Waals surface area (Å²) in [6, 6.07) is 7.95. The van der Waals surface area contributed by atoms with Crippen molar-refractivity contribution in [2.45, 2.75) is 12.6 Å². The summed E-state index contributed by atoms with van der Waals surface area (Å²) < 4.78 is 0. The molecular formula is C10H10BrNO. The zero-order valence-corrected chi connectivity index (χ0v) is 8.67. The first kappa shape index (κ1) is 8.91. The lowest BCUT2D eigenvalue weighted by atomic mass is 10.0. The van der Waals surface area contributed by atoms with Crippen molar-refractivity contribution in [3.8, 4) is 0 Å². The van der Waals surface area contributed by atoms with Crippen molar-refractivity contribution < 1.29 is 4.79 Å². The molecule has 0 aromatic heterocycles. The molecule has 1 aliphatic heterocycles. The van der Waals surface area contributed by atoms with E-state index < -0.39 is 0 Å². The van der Waals surface area contributed by atoms with Crippen molar-refractivity contribution >= 4 is 21.7 Å². The summed E-state index contributed by atoms with van der Waals surface area (Å²) in [6.45, 7) is 0.805. The molecule has 3 heteroatoms. The molecule has 2 nitrogen and oxygen atoms in total. The third-order valence-corrected chi connectivity index (χ3v) is 2.87. The molecule has 1 aliphatic rings. The van der Waals surface area contributed by atoms with Crippen LogP contribution in [0.2, 0.25) is 0 Å². The lowest BCUT2D eigenvalue weighted by Gasteiger charge is -2.07. The topological polar surface area (TPSA) is 29.1 Å². The predicted molar refractivity (Wildman–Crippen MR) is 54.8 cm³/mol. The Morgan fingerprint density at radius 1 is 1.54 bits per heavy atom. The van der Waals surface area contributed by atoms with E-state index in [0.717, 1.165) is 12.1 Å². The van der Waals surface area contributed by atoms with Crippen LogP contribution in [0.25, 0.3) is 0 Å². The van der Waals surface area contributed by atoms with E-state index in [9.17, 15) is 4.79 Å². The number of halogens is 1. The molecule has 2 rings (SSSR count). The monoisotopic (exact) mass is 239 g/mol. The molecule has 0 spiro atoms. The van der Waals surface area contributed by atoms with Gasteiger partial charge in [0.25, 0.3) is 0 Å². The highest BCUT2D eigenvalue weighted by molar-refractivity contribution is 9.09. The average Bonchev–Trinajstić information content (AvgIpc) is 2.60. The zero-order chi connectivity index (χ0) is 9.26. The smallest absolute Gasteiger partial charge is 0.164 e. The van der Waals surface area contributed by atoms with Crippen LogP contribution in [0.3, 0.4) is 0 Å². The number of hydrogen-bond donors (Lipinski definition) is 1. The molecule has 0 bridgehead atoms. The SMILES string of the molecule is O=C(CBr)[C@@H]1NCc2ccccc21. The first-order valence-corrected chi connectivity index (χ1v) is 5.35. The number of rotatable bonds is 2.